The molecule has 5 rings (SSSR count). The van der Waals surface area contributed by atoms with Crippen LogP contribution in [0.2, 0.25) is 0 Å². The molecule has 0 bridgehead atoms. The number of carboxylic acid groups (broad SMARTS) is 1. The molecule has 1 aliphatic heterocycles. The van der Waals surface area contributed by atoms with Crippen molar-refractivity contribution in [1.82, 2.24) is 0 Å². The topological polar surface area (TPSA) is 44.9 Å². The van der Waals surface area contributed by atoms with Crippen LogP contribution in [0.3, 0.4) is 0 Å². The Bertz CT molecular complexity index is 1470. The maximum atomic E-state index is 11.1. The van der Waals surface area contributed by atoms with E-state index in [2.05, 4.69) is 84.3 Å². The Morgan fingerprint density at radius 1 is 1.00 bits per heavy atom. The Labute approximate surface area is 213 Å². The third-order valence-corrected chi connectivity index (χ3v) is 8.79. The van der Waals surface area contributed by atoms with Crippen LogP contribution in [0.1, 0.15) is 30.7 Å². The molecule has 4 nitrogen and oxygen atoms in total. The van der Waals surface area contributed by atoms with Gasteiger partial charge in [0.2, 0.25) is 0 Å². The minimum absolute atomic E-state index is 0.0937. The van der Waals surface area contributed by atoms with E-state index in [-0.39, 0.29) is 11.1 Å². The van der Waals surface area contributed by atoms with Gasteiger partial charge >= 0.3 is 5.97 Å². The smallest absolute Gasteiger partial charge is 0.333 e. The number of hydrogen-bond acceptors (Lipinski definition) is 4. The van der Waals surface area contributed by atoms with Crippen molar-refractivity contribution >= 4 is 46.1 Å². The SMILES string of the molecule is [C-]#[N+]/C(=C\c1ccc(-c2ccc(-c3ccc4c(c3)C(C)(C)CCN4c3ccccc3)s2)s1)C(=O)O. The first-order valence-electron chi connectivity index (χ1n) is 11.4. The van der Waals surface area contributed by atoms with E-state index >= 15 is 0 Å². The second kappa shape index (κ2) is 9.18. The largest absolute Gasteiger partial charge is 0.486 e. The molecular weight excluding hydrogens is 472 g/mol. The number of aliphatic carboxylic acids is 1. The number of fused-ring (bicyclic) bond motifs is 1. The quantitative estimate of drug-likeness (QED) is 0.223. The fourth-order valence-electron chi connectivity index (χ4n) is 4.45. The fraction of sp³-hybridized carbons (Fsp3) is 0.172. The van der Waals surface area contributed by atoms with Crippen LogP contribution >= 0.6 is 22.7 Å². The van der Waals surface area contributed by atoms with Crippen LogP contribution in [-0.2, 0) is 10.2 Å². The molecular formula is C29H24N2O2S2. The molecule has 35 heavy (non-hydrogen) atoms. The third kappa shape index (κ3) is 4.53. The van der Waals surface area contributed by atoms with Crippen molar-refractivity contribution in [3.63, 3.8) is 0 Å². The molecule has 1 N–H and O–H groups in total. The number of carboxylic acids is 1. The van der Waals surface area contributed by atoms with Crippen LogP contribution in [0.4, 0.5) is 11.4 Å². The summed E-state index contributed by atoms with van der Waals surface area (Å²) in [5.74, 6) is -1.20. The van der Waals surface area contributed by atoms with Crippen LogP contribution < -0.4 is 4.90 Å². The molecule has 0 spiro atoms. The average Bonchev–Trinajstić information content (AvgIpc) is 3.53. The van der Waals surface area contributed by atoms with Crippen molar-refractivity contribution in [2.45, 2.75) is 25.7 Å². The van der Waals surface area contributed by atoms with Gasteiger partial charge in [0.1, 0.15) is 0 Å². The van der Waals surface area contributed by atoms with Gasteiger partial charge in [-0.3, -0.25) is 4.79 Å². The van der Waals surface area contributed by atoms with Gasteiger partial charge in [0.05, 0.1) is 6.57 Å². The lowest BCUT2D eigenvalue weighted by molar-refractivity contribution is -0.132. The van der Waals surface area contributed by atoms with Crippen LogP contribution in [0.5, 0.6) is 0 Å². The van der Waals surface area contributed by atoms with Gasteiger partial charge in [-0.1, -0.05) is 38.1 Å². The molecule has 2 aromatic carbocycles. The van der Waals surface area contributed by atoms with Crippen molar-refractivity contribution in [1.29, 1.82) is 0 Å². The molecule has 0 aliphatic carbocycles. The van der Waals surface area contributed by atoms with Gasteiger partial charge in [-0.05, 0) is 77.6 Å². The van der Waals surface area contributed by atoms with E-state index in [1.807, 2.05) is 12.1 Å². The van der Waals surface area contributed by atoms with Gasteiger partial charge in [-0.25, -0.2) is 4.85 Å². The van der Waals surface area contributed by atoms with E-state index in [4.69, 9.17) is 11.7 Å². The first kappa shape index (κ1) is 23.1. The standard InChI is InChI=1S/C29H24N2O2S2/c1-29(2)15-16-31(20-7-5-4-6-8-20)24-11-9-19(17-22(24)29)25-13-14-27(35-25)26-12-10-21(34-26)18-23(30-3)28(32)33/h4-14,17-18H,15-16H2,1-2H3,(H,32,33)/b23-18-. The lowest BCUT2D eigenvalue weighted by Crippen LogP contribution is -2.34. The summed E-state index contributed by atoms with van der Waals surface area (Å²) >= 11 is 3.23. The van der Waals surface area contributed by atoms with E-state index in [9.17, 15) is 4.79 Å². The molecule has 174 valence electrons. The molecule has 0 amide bonds. The van der Waals surface area contributed by atoms with Crippen LogP contribution in [-0.4, -0.2) is 17.6 Å². The van der Waals surface area contributed by atoms with Gasteiger partial charge in [-0.15, -0.1) is 22.7 Å². The summed E-state index contributed by atoms with van der Waals surface area (Å²) in [5.41, 5.74) is 4.89. The molecule has 0 fully saturated rings. The number of para-hydroxylation sites is 1. The third-order valence-electron chi connectivity index (χ3n) is 6.42. The monoisotopic (exact) mass is 496 g/mol. The Morgan fingerprint density at radius 2 is 1.71 bits per heavy atom. The summed E-state index contributed by atoms with van der Waals surface area (Å²) in [4.78, 5) is 20.8. The normalized spacial score (nSPS) is 14.9. The van der Waals surface area contributed by atoms with Crippen LogP contribution in [0.25, 0.3) is 31.1 Å². The zero-order chi connectivity index (χ0) is 24.6. The van der Waals surface area contributed by atoms with Crippen molar-refractivity contribution < 1.29 is 9.90 Å². The Kier molecular flexibility index (Phi) is 6.06. The molecule has 0 radical (unpaired) electrons. The Balaban J connectivity index is 1.47. The highest BCUT2D eigenvalue weighted by Gasteiger charge is 2.32. The predicted molar refractivity (Wildman–Crippen MR) is 146 cm³/mol. The highest BCUT2D eigenvalue weighted by Crippen LogP contribution is 2.46. The van der Waals surface area contributed by atoms with Crippen molar-refractivity contribution in [2.24, 2.45) is 0 Å². The van der Waals surface area contributed by atoms with Crippen LogP contribution in [0, 0.1) is 6.57 Å². The minimum Gasteiger partial charge on any atom is -0.486 e. The van der Waals surface area contributed by atoms with Gasteiger partial charge < -0.3 is 10.0 Å². The summed E-state index contributed by atoms with van der Waals surface area (Å²) in [6, 6.07) is 25.5. The number of benzene rings is 2. The lowest BCUT2D eigenvalue weighted by atomic mass is 9.77. The van der Waals surface area contributed by atoms with Crippen molar-refractivity contribution in [3.8, 4) is 20.2 Å². The number of carbonyl (C=O) groups is 1. The van der Waals surface area contributed by atoms with Gasteiger partial charge in [0, 0.05) is 37.4 Å². The van der Waals surface area contributed by atoms with E-state index in [0.29, 0.717) is 0 Å². The van der Waals surface area contributed by atoms with Gasteiger partial charge in [-0.2, -0.15) is 0 Å². The Hall–Kier alpha value is -3.66. The summed E-state index contributed by atoms with van der Waals surface area (Å²) in [6.45, 7) is 12.7. The van der Waals surface area contributed by atoms with E-state index in [0.717, 1.165) is 27.6 Å². The number of rotatable bonds is 5. The maximum Gasteiger partial charge on any atom is 0.333 e. The molecule has 0 saturated carbocycles. The second-order valence-electron chi connectivity index (χ2n) is 9.17. The summed E-state index contributed by atoms with van der Waals surface area (Å²) in [5, 5.41) is 9.11. The first-order valence-corrected chi connectivity index (χ1v) is 13.0. The molecule has 1 aliphatic rings. The molecule has 6 heteroatoms. The van der Waals surface area contributed by atoms with E-state index in [1.165, 1.54) is 44.8 Å². The Morgan fingerprint density at radius 3 is 2.46 bits per heavy atom. The van der Waals surface area contributed by atoms with E-state index < -0.39 is 5.97 Å². The molecule has 0 unspecified atom stereocenters. The molecule has 0 atom stereocenters. The zero-order valence-corrected chi connectivity index (χ0v) is 21.1. The lowest BCUT2D eigenvalue weighted by Gasteiger charge is -2.40. The number of hydrogen-bond donors (Lipinski definition) is 1. The van der Waals surface area contributed by atoms with Crippen molar-refractivity contribution in [2.75, 3.05) is 11.4 Å². The van der Waals surface area contributed by atoms with Gasteiger partial charge in [0.15, 0.2) is 0 Å². The first-order chi connectivity index (χ1) is 16.9. The number of thiophene rings is 2. The number of nitrogens with zero attached hydrogens (tertiary/aromatic N) is 2. The highest BCUT2D eigenvalue weighted by molar-refractivity contribution is 7.24. The van der Waals surface area contributed by atoms with Gasteiger partial charge in [0.25, 0.3) is 5.70 Å². The molecule has 2 aromatic heterocycles. The van der Waals surface area contributed by atoms with E-state index in [1.54, 1.807) is 11.3 Å². The molecule has 4 aromatic rings. The second-order valence-corrected chi connectivity index (χ2v) is 11.4. The number of anilines is 2. The fourth-order valence-corrected chi connectivity index (χ4v) is 6.49. The van der Waals surface area contributed by atoms with Crippen molar-refractivity contribution in [3.05, 3.63) is 100 Å². The summed E-state index contributed by atoms with van der Waals surface area (Å²) in [7, 11) is 0. The maximum absolute atomic E-state index is 11.1. The predicted octanol–water partition coefficient (Wildman–Crippen LogP) is 8.31. The highest BCUT2D eigenvalue weighted by atomic mass is 32.1. The molecule has 3 heterocycles. The average molecular weight is 497 g/mol. The zero-order valence-electron chi connectivity index (χ0n) is 19.5. The summed E-state index contributed by atoms with van der Waals surface area (Å²) in [6.07, 6.45) is 2.52. The minimum atomic E-state index is -1.20. The van der Waals surface area contributed by atoms with Crippen LogP contribution in [0.15, 0.2) is 78.5 Å². The molecule has 0 saturated heterocycles. The summed E-state index contributed by atoms with van der Waals surface area (Å²) < 4.78 is 0.